The highest BCUT2D eigenvalue weighted by Crippen LogP contribution is 2.43. The van der Waals surface area contributed by atoms with Crippen molar-refractivity contribution in [3.8, 4) is 17.2 Å². The molecule has 0 aliphatic rings. The fraction of sp³-hybridized carbons (Fsp3) is 0.0339. The van der Waals surface area contributed by atoms with Gasteiger partial charge in [0.05, 0.1) is 44.1 Å². The van der Waals surface area contributed by atoms with Crippen LogP contribution in [0.2, 0.25) is 0 Å². The van der Waals surface area contributed by atoms with Crippen molar-refractivity contribution in [1.29, 1.82) is 0 Å². The highest BCUT2D eigenvalue weighted by Gasteiger charge is 2.23. The Hall–Kier alpha value is -8.61. The van der Waals surface area contributed by atoms with Gasteiger partial charge in [0, 0.05) is 66.1 Å². The number of fused-ring (bicyclic) bond motifs is 14. The van der Waals surface area contributed by atoms with E-state index in [0.717, 1.165) is 66.8 Å². The Morgan fingerprint density at radius 3 is 1.37 bits per heavy atom. The van der Waals surface area contributed by atoms with E-state index in [-0.39, 0.29) is 5.92 Å². The van der Waals surface area contributed by atoms with Crippen LogP contribution < -0.4 is 5.73 Å². The summed E-state index contributed by atoms with van der Waals surface area (Å²) in [4.78, 5) is 5.44. The molecule has 0 saturated heterocycles. The van der Waals surface area contributed by atoms with E-state index < -0.39 is 0 Å². The van der Waals surface area contributed by atoms with Crippen molar-refractivity contribution in [2.24, 2.45) is 5.73 Å². The predicted octanol–water partition coefficient (Wildman–Crippen LogP) is 14.6. The Labute approximate surface area is 374 Å². The molecule has 5 aromatic heterocycles. The van der Waals surface area contributed by atoms with Gasteiger partial charge in [0.15, 0.2) is 0 Å². The van der Waals surface area contributed by atoms with Crippen LogP contribution in [0, 0.1) is 0 Å². The lowest BCUT2D eigenvalue weighted by Crippen LogP contribution is -2.07. The minimum absolute atomic E-state index is 0.00616. The first kappa shape index (κ1) is 37.0. The van der Waals surface area contributed by atoms with E-state index in [1.165, 1.54) is 43.4 Å². The van der Waals surface area contributed by atoms with Gasteiger partial charge in [-0.2, -0.15) is 0 Å². The molecule has 308 valence electrons. The Balaban J connectivity index is 0.950. The number of nitrogens with two attached hydrogens (primary N) is 1. The van der Waals surface area contributed by atoms with Gasteiger partial charge in [0.1, 0.15) is 11.6 Å². The summed E-state index contributed by atoms with van der Waals surface area (Å²) in [5.74, 6) is 1.51. The molecule has 0 saturated carbocycles. The highest BCUT2D eigenvalue weighted by molar-refractivity contribution is 6.25. The van der Waals surface area contributed by atoms with Crippen molar-refractivity contribution in [3.63, 3.8) is 0 Å². The van der Waals surface area contributed by atoms with Crippen molar-refractivity contribution >= 4 is 93.0 Å². The molecular weight excluding hydrogens is 793 g/mol. The summed E-state index contributed by atoms with van der Waals surface area (Å²) in [6.45, 7) is 2.20. The third-order valence-corrected chi connectivity index (χ3v) is 13.3. The van der Waals surface area contributed by atoms with Gasteiger partial charge in [-0.05, 0) is 66.7 Å². The molecule has 1 atom stereocenters. The van der Waals surface area contributed by atoms with Crippen LogP contribution in [0.25, 0.3) is 110 Å². The summed E-state index contributed by atoms with van der Waals surface area (Å²) < 4.78 is 9.39. The molecule has 0 bridgehead atoms. The van der Waals surface area contributed by atoms with Crippen molar-refractivity contribution < 1.29 is 0 Å². The zero-order valence-corrected chi connectivity index (χ0v) is 35.7. The molecule has 0 aliphatic carbocycles. The van der Waals surface area contributed by atoms with Crippen molar-refractivity contribution in [2.45, 2.75) is 12.8 Å². The van der Waals surface area contributed by atoms with E-state index in [0.29, 0.717) is 5.82 Å². The molecule has 0 fully saturated rings. The molecule has 2 N–H and O–H groups in total. The third kappa shape index (κ3) is 5.50. The average molecular weight is 835 g/mol. The number of aromatic nitrogens is 5. The van der Waals surface area contributed by atoms with Gasteiger partial charge in [0.25, 0.3) is 0 Å². The van der Waals surface area contributed by atoms with Crippen LogP contribution in [0.4, 0.5) is 0 Å². The summed E-state index contributed by atoms with van der Waals surface area (Å²) in [5, 5.41) is 9.55. The van der Waals surface area contributed by atoms with E-state index in [9.17, 15) is 0 Å². The second-order valence-corrected chi connectivity index (χ2v) is 17.0. The van der Waals surface area contributed by atoms with Crippen LogP contribution in [0.3, 0.4) is 0 Å². The van der Waals surface area contributed by atoms with E-state index >= 15 is 0 Å². The maximum Gasteiger partial charge on any atom is 0.137 e. The summed E-state index contributed by atoms with van der Waals surface area (Å²) in [5.41, 5.74) is 19.5. The fourth-order valence-corrected chi connectivity index (χ4v) is 10.5. The molecule has 6 heteroatoms. The van der Waals surface area contributed by atoms with Crippen LogP contribution in [-0.4, -0.2) is 23.3 Å². The SMILES string of the molecule is CC(/C=C\C=C(/N)n1c2ccccc2c2ccc3c4ccccc4n(-c4ccccc4)c3c21)c1cccc(-n2c3ccccc3c3ccc4c5ccccc5n(-c5ccccc5)c4c32)n1. The number of hydrogen-bond donors (Lipinski definition) is 1. The normalized spacial score (nSPS) is 13.0. The van der Waals surface area contributed by atoms with Crippen LogP contribution in [0.5, 0.6) is 0 Å². The molecule has 8 aromatic carbocycles. The molecule has 65 heavy (non-hydrogen) atoms. The molecule has 13 rings (SSSR count). The van der Waals surface area contributed by atoms with Crippen LogP contribution >= 0.6 is 0 Å². The largest absolute Gasteiger partial charge is 0.385 e. The lowest BCUT2D eigenvalue weighted by atomic mass is 10.1. The van der Waals surface area contributed by atoms with Crippen LogP contribution in [0.1, 0.15) is 18.5 Å². The lowest BCUT2D eigenvalue weighted by Gasteiger charge is -2.14. The zero-order valence-electron chi connectivity index (χ0n) is 35.7. The molecule has 1 unspecified atom stereocenters. The Morgan fingerprint density at radius 1 is 0.415 bits per heavy atom. The fourth-order valence-electron chi connectivity index (χ4n) is 10.5. The quantitative estimate of drug-likeness (QED) is 0.163. The van der Waals surface area contributed by atoms with E-state index in [1.54, 1.807) is 0 Å². The summed E-state index contributed by atoms with van der Waals surface area (Å²) in [7, 11) is 0. The molecule has 13 aromatic rings. The third-order valence-electron chi connectivity index (χ3n) is 13.3. The zero-order chi connectivity index (χ0) is 43.2. The lowest BCUT2D eigenvalue weighted by molar-refractivity contribution is 0.889. The first-order chi connectivity index (χ1) is 32.1. The van der Waals surface area contributed by atoms with E-state index in [1.807, 2.05) is 6.08 Å². The smallest absolute Gasteiger partial charge is 0.137 e. The predicted molar refractivity (Wildman–Crippen MR) is 273 cm³/mol. The van der Waals surface area contributed by atoms with Crippen molar-refractivity contribution in [1.82, 2.24) is 23.3 Å². The van der Waals surface area contributed by atoms with Crippen LogP contribution in [0.15, 0.2) is 218 Å². The second kappa shape index (κ2) is 14.5. The minimum atomic E-state index is -0.00616. The Morgan fingerprint density at radius 2 is 0.831 bits per heavy atom. The number of nitrogens with zero attached hydrogens (tertiary/aromatic N) is 5. The molecule has 0 amide bonds. The van der Waals surface area contributed by atoms with Crippen LogP contribution in [-0.2, 0) is 0 Å². The highest BCUT2D eigenvalue weighted by atomic mass is 15.1. The van der Waals surface area contributed by atoms with E-state index in [2.05, 4.69) is 238 Å². The Bertz CT molecular complexity index is 4080. The van der Waals surface area contributed by atoms with Crippen molar-refractivity contribution in [2.75, 3.05) is 0 Å². The average Bonchev–Trinajstić information content (AvgIpc) is 4.10. The van der Waals surface area contributed by atoms with Crippen molar-refractivity contribution in [3.05, 3.63) is 224 Å². The molecule has 0 aliphatic heterocycles. The monoisotopic (exact) mass is 834 g/mol. The number of pyridine rings is 1. The number of para-hydroxylation sites is 6. The van der Waals surface area contributed by atoms with Gasteiger partial charge in [-0.3, -0.25) is 9.13 Å². The van der Waals surface area contributed by atoms with Gasteiger partial charge in [-0.1, -0.05) is 159 Å². The van der Waals surface area contributed by atoms with E-state index in [4.69, 9.17) is 10.7 Å². The standard InChI is InChI=1S/C59H42N6/c1-38(18-16-32-54(60)64-52-30-14-10-25-43(52)47-36-34-45-41-23-8-12-28-50(41)62(56(45)58(47)64)39-19-4-2-5-20-39)49-27-17-33-55(61-49)65-53-31-15-11-26-44(53)48-37-35-46-42-24-9-13-29-51(42)63(57(46)59(48)65)40-21-6-3-7-22-40/h2-38H,60H2,1H3/b18-16-,54-32+. The topological polar surface area (TPSA) is 58.6 Å². The molecule has 5 heterocycles. The molecule has 6 nitrogen and oxygen atoms in total. The number of rotatable bonds is 7. The summed E-state index contributed by atoms with van der Waals surface area (Å²) in [6.07, 6.45) is 6.32. The van der Waals surface area contributed by atoms with Gasteiger partial charge in [0.2, 0.25) is 0 Å². The van der Waals surface area contributed by atoms with Gasteiger partial charge >= 0.3 is 0 Å². The number of hydrogen-bond acceptors (Lipinski definition) is 2. The van der Waals surface area contributed by atoms with Gasteiger partial charge in [-0.15, -0.1) is 0 Å². The maximum absolute atomic E-state index is 7.23. The first-order valence-corrected chi connectivity index (χ1v) is 22.3. The second-order valence-electron chi connectivity index (χ2n) is 17.0. The summed E-state index contributed by atoms with van der Waals surface area (Å²) in [6, 6.07) is 71.4. The van der Waals surface area contributed by atoms with Gasteiger partial charge < -0.3 is 14.9 Å². The Kier molecular flexibility index (Phi) is 8.24. The number of allylic oxidation sites excluding steroid dienone is 3. The first-order valence-electron chi connectivity index (χ1n) is 22.3. The molecule has 0 radical (unpaired) electrons. The summed E-state index contributed by atoms with van der Waals surface area (Å²) >= 11 is 0. The maximum atomic E-state index is 7.23. The molecular formula is C59H42N6. The number of benzene rings is 8. The minimum Gasteiger partial charge on any atom is -0.385 e. The van der Waals surface area contributed by atoms with Gasteiger partial charge in [-0.25, -0.2) is 4.98 Å². The molecule has 0 spiro atoms.